The molecule has 2 aromatic carbocycles. The number of para-hydroxylation sites is 1. The van der Waals surface area contributed by atoms with Gasteiger partial charge in [-0.15, -0.1) is 0 Å². The Kier molecular flexibility index (Phi) is 7.21. The fraction of sp³-hybridized carbons (Fsp3) is 0.370. The summed E-state index contributed by atoms with van der Waals surface area (Å²) in [5, 5.41) is 2.95. The van der Waals surface area contributed by atoms with Gasteiger partial charge in [-0.1, -0.05) is 18.2 Å². The highest BCUT2D eigenvalue weighted by Gasteiger charge is 2.16. The van der Waals surface area contributed by atoms with Crippen molar-refractivity contribution in [2.75, 3.05) is 13.2 Å². The first-order valence-corrected chi connectivity index (χ1v) is 11.0. The zero-order chi connectivity index (χ0) is 22.5. The Morgan fingerprint density at radius 1 is 0.903 bits per heavy atom. The van der Waals surface area contributed by atoms with E-state index in [4.69, 9.17) is 9.15 Å². The Hall–Kier alpha value is -3.01. The molecule has 1 heterocycles. The SMILES string of the molecule is CCOc1ccccc1CCNC(=O)c1ccc(Cc2c(C)c(C)c(C)c(C)c2C)o1. The van der Waals surface area contributed by atoms with Gasteiger partial charge in [0.15, 0.2) is 5.76 Å². The van der Waals surface area contributed by atoms with Gasteiger partial charge in [0.25, 0.3) is 5.91 Å². The first-order chi connectivity index (χ1) is 14.8. The third kappa shape index (κ3) is 5.01. The van der Waals surface area contributed by atoms with Crippen LogP contribution in [-0.2, 0) is 12.8 Å². The first kappa shape index (κ1) is 22.7. The fourth-order valence-corrected chi connectivity index (χ4v) is 4.02. The number of carbonyl (C=O) groups is 1. The van der Waals surface area contributed by atoms with Gasteiger partial charge in [-0.2, -0.15) is 0 Å². The van der Waals surface area contributed by atoms with Crippen LogP contribution in [-0.4, -0.2) is 19.1 Å². The lowest BCUT2D eigenvalue weighted by atomic mass is 9.88. The van der Waals surface area contributed by atoms with Crippen molar-refractivity contribution in [3.8, 4) is 5.75 Å². The number of hydrogen-bond donors (Lipinski definition) is 1. The number of rotatable bonds is 8. The van der Waals surface area contributed by atoms with Crippen molar-refractivity contribution in [2.45, 2.75) is 54.4 Å². The standard InChI is InChI=1S/C27H33NO3/c1-7-30-25-11-9-8-10-22(25)14-15-28-27(29)26-13-12-23(31-26)16-24-20(5)18(3)17(2)19(4)21(24)6/h8-13H,7,14-16H2,1-6H3,(H,28,29). The second kappa shape index (κ2) is 9.86. The molecule has 0 unspecified atom stereocenters. The molecule has 4 nitrogen and oxygen atoms in total. The second-order valence-corrected chi connectivity index (χ2v) is 8.09. The summed E-state index contributed by atoms with van der Waals surface area (Å²) >= 11 is 0. The van der Waals surface area contributed by atoms with Gasteiger partial charge in [-0.25, -0.2) is 0 Å². The number of nitrogens with one attached hydrogen (secondary N) is 1. The summed E-state index contributed by atoms with van der Waals surface area (Å²) < 4.78 is 11.5. The highest BCUT2D eigenvalue weighted by atomic mass is 16.5. The molecule has 1 N–H and O–H groups in total. The maximum absolute atomic E-state index is 12.6. The molecule has 3 aromatic rings. The minimum absolute atomic E-state index is 0.190. The van der Waals surface area contributed by atoms with Gasteiger partial charge in [0, 0.05) is 13.0 Å². The van der Waals surface area contributed by atoms with Crippen LogP contribution >= 0.6 is 0 Å². The topological polar surface area (TPSA) is 51.5 Å². The van der Waals surface area contributed by atoms with Crippen LogP contribution < -0.4 is 10.1 Å². The quantitative estimate of drug-likeness (QED) is 0.503. The van der Waals surface area contributed by atoms with Gasteiger partial charge >= 0.3 is 0 Å². The van der Waals surface area contributed by atoms with Crippen molar-refractivity contribution in [3.63, 3.8) is 0 Å². The summed E-state index contributed by atoms with van der Waals surface area (Å²) in [5.74, 6) is 1.84. The van der Waals surface area contributed by atoms with Crippen molar-refractivity contribution in [1.29, 1.82) is 0 Å². The summed E-state index contributed by atoms with van der Waals surface area (Å²) in [7, 11) is 0. The van der Waals surface area contributed by atoms with Crippen molar-refractivity contribution in [3.05, 3.63) is 86.9 Å². The number of carbonyl (C=O) groups excluding carboxylic acids is 1. The largest absolute Gasteiger partial charge is 0.494 e. The molecule has 0 aliphatic rings. The maximum atomic E-state index is 12.6. The molecule has 1 amide bonds. The Balaban J connectivity index is 1.65. The molecule has 0 aliphatic heterocycles. The summed E-state index contributed by atoms with van der Waals surface area (Å²) in [4.78, 5) is 12.6. The second-order valence-electron chi connectivity index (χ2n) is 8.09. The van der Waals surface area contributed by atoms with E-state index in [0.29, 0.717) is 31.8 Å². The lowest BCUT2D eigenvalue weighted by molar-refractivity contribution is 0.0924. The lowest BCUT2D eigenvalue weighted by Crippen LogP contribution is -2.25. The van der Waals surface area contributed by atoms with E-state index in [1.165, 1.54) is 33.4 Å². The van der Waals surface area contributed by atoms with Crippen LogP contribution in [0.15, 0.2) is 40.8 Å². The van der Waals surface area contributed by atoms with E-state index in [1.807, 2.05) is 37.3 Å². The van der Waals surface area contributed by atoms with Crippen LogP contribution in [0, 0.1) is 34.6 Å². The predicted molar refractivity (Wildman–Crippen MR) is 125 cm³/mol. The number of ether oxygens (including phenoxy) is 1. The zero-order valence-electron chi connectivity index (χ0n) is 19.5. The average molecular weight is 420 g/mol. The number of furan rings is 1. The molecule has 0 aliphatic carbocycles. The average Bonchev–Trinajstić information content (AvgIpc) is 3.24. The first-order valence-electron chi connectivity index (χ1n) is 11.0. The van der Waals surface area contributed by atoms with E-state index in [1.54, 1.807) is 6.07 Å². The monoisotopic (exact) mass is 419 g/mol. The van der Waals surface area contributed by atoms with E-state index in [-0.39, 0.29) is 5.91 Å². The molecule has 0 spiro atoms. The molecule has 0 bridgehead atoms. The molecule has 164 valence electrons. The summed E-state index contributed by atoms with van der Waals surface area (Å²) in [6.45, 7) is 14.0. The van der Waals surface area contributed by atoms with E-state index in [0.717, 1.165) is 17.1 Å². The minimum atomic E-state index is -0.190. The minimum Gasteiger partial charge on any atom is -0.494 e. The molecular weight excluding hydrogens is 386 g/mol. The highest BCUT2D eigenvalue weighted by molar-refractivity contribution is 5.91. The van der Waals surface area contributed by atoms with E-state index in [2.05, 4.69) is 39.9 Å². The van der Waals surface area contributed by atoms with Crippen LogP contribution in [0.25, 0.3) is 0 Å². The van der Waals surface area contributed by atoms with Crippen LogP contribution in [0.4, 0.5) is 0 Å². The molecule has 0 saturated heterocycles. The van der Waals surface area contributed by atoms with E-state index < -0.39 is 0 Å². The number of hydrogen-bond acceptors (Lipinski definition) is 3. The molecule has 4 heteroatoms. The van der Waals surface area contributed by atoms with Crippen molar-refractivity contribution < 1.29 is 13.9 Å². The molecule has 0 atom stereocenters. The summed E-state index contributed by atoms with van der Waals surface area (Å²) in [6.07, 6.45) is 1.39. The van der Waals surface area contributed by atoms with Crippen molar-refractivity contribution in [1.82, 2.24) is 5.32 Å². The Morgan fingerprint density at radius 3 is 2.23 bits per heavy atom. The lowest BCUT2D eigenvalue weighted by Gasteiger charge is -2.18. The Labute approximate surface area is 185 Å². The Morgan fingerprint density at radius 2 is 1.55 bits per heavy atom. The smallest absolute Gasteiger partial charge is 0.287 e. The van der Waals surface area contributed by atoms with Crippen molar-refractivity contribution in [2.24, 2.45) is 0 Å². The van der Waals surface area contributed by atoms with Gasteiger partial charge in [-0.05, 0) is 105 Å². The summed E-state index contributed by atoms with van der Waals surface area (Å²) in [6, 6.07) is 11.6. The number of amides is 1. The summed E-state index contributed by atoms with van der Waals surface area (Å²) in [5.41, 5.74) is 8.98. The maximum Gasteiger partial charge on any atom is 0.287 e. The highest BCUT2D eigenvalue weighted by Crippen LogP contribution is 2.28. The molecule has 1 aromatic heterocycles. The molecule has 0 saturated carbocycles. The normalized spacial score (nSPS) is 10.9. The van der Waals surface area contributed by atoms with Crippen LogP contribution in [0.2, 0.25) is 0 Å². The van der Waals surface area contributed by atoms with E-state index in [9.17, 15) is 4.79 Å². The third-order valence-electron chi connectivity index (χ3n) is 6.34. The van der Waals surface area contributed by atoms with Crippen LogP contribution in [0.3, 0.4) is 0 Å². The number of benzene rings is 2. The Bertz CT molecular complexity index is 1050. The van der Waals surface area contributed by atoms with E-state index >= 15 is 0 Å². The van der Waals surface area contributed by atoms with Gasteiger partial charge < -0.3 is 14.5 Å². The van der Waals surface area contributed by atoms with Crippen LogP contribution in [0.1, 0.15) is 62.2 Å². The van der Waals surface area contributed by atoms with Crippen molar-refractivity contribution >= 4 is 5.91 Å². The molecular formula is C27H33NO3. The third-order valence-corrected chi connectivity index (χ3v) is 6.34. The predicted octanol–water partition coefficient (Wildman–Crippen LogP) is 5.78. The van der Waals surface area contributed by atoms with Gasteiger partial charge in [0.2, 0.25) is 0 Å². The fourth-order valence-electron chi connectivity index (χ4n) is 4.02. The van der Waals surface area contributed by atoms with Gasteiger partial charge in [0.05, 0.1) is 6.61 Å². The van der Waals surface area contributed by atoms with Gasteiger partial charge in [0.1, 0.15) is 11.5 Å². The van der Waals surface area contributed by atoms with Gasteiger partial charge in [-0.3, -0.25) is 4.79 Å². The molecule has 0 fully saturated rings. The van der Waals surface area contributed by atoms with Crippen LogP contribution in [0.5, 0.6) is 5.75 Å². The molecule has 0 radical (unpaired) electrons. The zero-order valence-corrected chi connectivity index (χ0v) is 19.5. The molecule has 3 rings (SSSR count). The molecule has 31 heavy (non-hydrogen) atoms.